The quantitative estimate of drug-likeness (QED) is 0.0261. The first kappa shape index (κ1) is 73.8. The van der Waals surface area contributed by atoms with E-state index in [4.69, 9.17) is 14.2 Å². The van der Waals surface area contributed by atoms with Gasteiger partial charge in [-0.25, -0.2) is 0 Å². The molecule has 0 aliphatic heterocycles. The Morgan fingerprint density at radius 1 is 0.273 bits per heavy atom. The molecule has 0 aliphatic rings. The van der Waals surface area contributed by atoms with Crippen LogP contribution in [0.5, 0.6) is 0 Å². The smallest absolute Gasteiger partial charge is 0.306 e. The van der Waals surface area contributed by atoms with Gasteiger partial charge in [-0.15, -0.1) is 0 Å². The topological polar surface area (TPSA) is 78.9 Å². The standard InChI is InChI=1S/C71H126O6/c1-4-7-10-13-16-19-22-25-27-28-29-30-31-32-33-34-35-36-37-38-39-40-41-42-44-46-49-52-55-58-61-64-70(73)76-67-68(66-75-69(72)63-60-57-54-51-48-45-24-21-18-15-12-9-6-3)77-71(74)65-62-59-56-53-50-47-43-26-23-20-17-14-11-8-5-2/h9,12,17-18,20-21,26,28-29,43,45,48,68H,4-8,10-11,13-16,19,22-25,27,30-42,44,46-47,49-67H2,1-3H3/b12-9-,20-17-,21-18-,29-28-,43-26-,48-45-. The lowest BCUT2D eigenvalue weighted by Gasteiger charge is -2.18. The van der Waals surface area contributed by atoms with E-state index in [0.717, 1.165) is 109 Å². The molecule has 1 unspecified atom stereocenters. The van der Waals surface area contributed by atoms with E-state index in [1.165, 1.54) is 193 Å². The largest absolute Gasteiger partial charge is 0.462 e. The lowest BCUT2D eigenvalue weighted by atomic mass is 10.0. The van der Waals surface area contributed by atoms with Crippen molar-refractivity contribution in [1.82, 2.24) is 0 Å². The Morgan fingerprint density at radius 2 is 0.506 bits per heavy atom. The van der Waals surface area contributed by atoms with E-state index in [-0.39, 0.29) is 31.1 Å². The lowest BCUT2D eigenvalue weighted by Crippen LogP contribution is -2.30. The number of allylic oxidation sites excluding steroid dienone is 12. The monoisotopic (exact) mass is 1070 g/mol. The average molecular weight is 1080 g/mol. The van der Waals surface area contributed by atoms with Gasteiger partial charge in [0, 0.05) is 19.3 Å². The highest BCUT2D eigenvalue weighted by molar-refractivity contribution is 5.71. The molecule has 0 N–H and O–H groups in total. The van der Waals surface area contributed by atoms with Gasteiger partial charge in [0.1, 0.15) is 13.2 Å². The Kier molecular flexibility index (Phi) is 62.7. The molecule has 0 fully saturated rings. The van der Waals surface area contributed by atoms with E-state index in [9.17, 15) is 14.4 Å². The van der Waals surface area contributed by atoms with Crippen molar-refractivity contribution < 1.29 is 28.6 Å². The predicted molar refractivity (Wildman–Crippen MR) is 335 cm³/mol. The summed E-state index contributed by atoms with van der Waals surface area (Å²) in [6.45, 7) is 6.50. The third-order valence-electron chi connectivity index (χ3n) is 14.7. The predicted octanol–water partition coefficient (Wildman–Crippen LogP) is 22.9. The van der Waals surface area contributed by atoms with Gasteiger partial charge in [0.2, 0.25) is 0 Å². The number of carbonyl (C=O) groups is 3. The van der Waals surface area contributed by atoms with Crippen molar-refractivity contribution in [3.05, 3.63) is 72.9 Å². The molecular weight excluding hydrogens is 949 g/mol. The van der Waals surface area contributed by atoms with Crippen molar-refractivity contribution in [1.29, 1.82) is 0 Å². The minimum Gasteiger partial charge on any atom is -0.462 e. The van der Waals surface area contributed by atoms with Crippen LogP contribution in [0.2, 0.25) is 0 Å². The van der Waals surface area contributed by atoms with E-state index in [2.05, 4.69) is 93.7 Å². The van der Waals surface area contributed by atoms with Gasteiger partial charge >= 0.3 is 17.9 Å². The van der Waals surface area contributed by atoms with Gasteiger partial charge in [-0.05, 0) is 109 Å². The van der Waals surface area contributed by atoms with E-state index in [0.29, 0.717) is 19.3 Å². The van der Waals surface area contributed by atoms with Crippen molar-refractivity contribution >= 4 is 17.9 Å². The van der Waals surface area contributed by atoms with E-state index in [1.807, 2.05) is 0 Å². The van der Waals surface area contributed by atoms with Crippen LogP contribution in [0.25, 0.3) is 0 Å². The molecule has 0 aromatic carbocycles. The molecule has 0 saturated carbocycles. The second kappa shape index (κ2) is 65.4. The van der Waals surface area contributed by atoms with Gasteiger partial charge in [0.25, 0.3) is 0 Å². The Bertz CT molecular complexity index is 1420. The second-order valence-electron chi connectivity index (χ2n) is 22.3. The number of carbonyl (C=O) groups excluding carboxylic acids is 3. The van der Waals surface area contributed by atoms with Crippen LogP contribution < -0.4 is 0 Å². The minimum atomic E-state index is -0.794. The maximum atomic E-state index is 12.9. The number of rotatable bonds is 61. The fraction of sp³-hybridized carbons (Fsp3) is 0.789. The van der Waals surface area contributed by atoms with E-state index < -0.39 is 6.10 Å². The summed E-state index contributed by atoms with van der Waals surface area (Å²) in [6, 6.07) is 0. The molecule has 0 spiro atoms. The van der Waals surface area contributed by atoms with Gasteiger partial charge in [-0.3, -0.25) is 14.4 Å². The molecule has 446 valence electrons. The molecule has 0 amide bonds. The highest BCUT2D eigenvalue weighted by Gasteiger charge is 2.19. The zero-order chi connectivity index (χ0) is 55.7. The van der Waals surface area contributed by atoms with Crippen LogP contribution in [0.3, 0.4) is 0 Å². The van der Waals surface area contributed by atoms with Crippen molar-refractivity contribution in [3.8, 4) is 0 Å². The summed E-state index contributed by atoms with van der Waals surface area (Å²) in [6.07, 6.45) is 85.1. The van der Waals surface area contributed by atoms with Crippen LogP contribution in [0, 0.1) is 0 Å². The summed E-state index contributed by atoms with van der Waals surface area (Å²) in [5.41, 5.74) is 0. The molecule has 77 heavy (non-hydrogen) atoms. The maximum Gasteiger partial charge on any atom is 0.306 e. The van der Waals surface area contributed by atoms with E-state index in [1.54, 1.807) is 0 Å². The third-order valence-corrected chi connectivity index (χ3v) is 14.7. The van der Waals surface area contributed by atoms with Crippen LogP contribution in [0.15, 0.2) is 72.9 Å². The number of hydrogen-bond acceptors (Lipinski definition) is 6. The van der Waals surface area contributed by atoms with Crippen molar-refractivity contribution in [2.45, 2.75) is 348 Å². The number of unbranched alkanes of at least 4 members (excludes halogenated alkanes) is 38. The highest BCUT2D eigenvalue weighted by Crippen LogP contribution is 2.17. The Balaban J connectivity index is 4.16. The summed E-state index contributed by atoms with van der Waals surface area (Å²) in [4.78, 5) is 38.2. The van der Waals surface area contributed by atoms with Crippen LogP contribution in [0.1, 0.15) is 342 Å². The van der Waals surface area contributed by atoms with Gasteiger partial charge in [0.05, 0.1) is 0 Å². The van der Waals surface area contributed by atoms with E-state index >= 15 is 0 Å². The number of esters is 3. The molecule has 1 atom stereocenters. The fourth-order valence-corrected chi connectivity index (χ4v) is 9.66. The number of ether oxygens (including phenoxy) is 3. The maximum absolute atomic E-state index is 12.9. The first-order valence-electron chi connectivity index (χ1n) is 33.4. The van der Waals surface area contributed by atoms with Gasteiger partial charge in [0.15, 0.2) is 6.10 Å². The van der Waals surface area contributed by atoms with Gasteiger partial charge in [-0.1, -0.05) is 286 Å². The molecular formula is C71H126O6. The first-order chi connectivity index (χ1) is 38.0. The van der Waals surface area contributed by atoms with Crippen LogP contribution in [0.4, 0.5) is 0 Å². The first-order valence-corrected chi connectivity index (χ1v) is 33.4. The minimum absolute atomic E-state index is 0.0883. The normalized spacial score (nSPS) is 12.5. The zero-order valence-electron chi connectivity index (χ0n) is 51.2. The molecule has 0 heterocycles. The lowest BCUT2D eigenvalue weighted by molar-refractivity contribution is -0.167. The van der Waals surface area contributed by atoms with Crippen LogP contribution in [-0.4, -0.2) is 37.2 Å². The summed E-state index contributed by atoms with van der Waals surface area (Å²) in [5, 5.41) is 0. The third kappa shape index (κ3) is 63.6. The molecule has 6 heteroatoms. The average Bonchev–Trinajstić information content (AvgIpc) is 3.43. The summed E-state index contributed by atoms with van der Waals surface area (Å²) in [5.74, 6) is -0.919. The Morgan fingerprint density at radius 3 is 0.844 bits per heavy atom. The molecule has 0 rings (SSSR count). The van der Waals surface area contributed by atoms with Crippen LogP contribution in [-0.2, 0) is 28.6 Å². The molecule has 0 bridgehead atoms. The summed E-state index contributed by atoms with van der Waals surface area (Å²) >= 11 is 0. The molecule has 0 radical (unpaired) electrons. The molecule has 0 aromatic heterocycles. The summed E-state index contributed by atoms with van der Waals surface area (Å²) < 4.78 is 16.9. The Labute approximate surface area is 478 Å². The van der Waals surface area contributed by atoms with Gasteiger partial charge < -0.3 is 14.2 Å². The molecule has 0 aromatic rings. The Hall–Kier alpha value is -3.15. The van der Waals surface area contributed by atoms with Crippen molar-refractivity contribution in [2.75, 3.05) is 13.2 Å². The fourth-order valence-electron chi connectivity index (χ4n) is 9.66. The zero-order valence-corrected chi connectivity index (χ0v) is 51.2. The highest BCUT2D eigenvalue weighted by atomic mass is 16.6. The molecule has 0 saturated heterocycles. The van der Waals surface area contributed by atoms with Crippen LogP contribution >= 0.6 is 0 Å². The number of hydrogen-bond donors (Lipinski definition) is 0. The SMILES string of the molecule is CC/C=C\C/C=C\C/C=C\CCCCCC(=O)OCC(COC(=O)CCCCCCCCCCCCCCCCCCCCC/C=C\CCCCCCCCCC)OC(=O)CCCCCCC/C=C\C/C=C\CCCCC. The molecule has 6 nitrogen and oxygen atoms in total. The van der Waals surface area contributed by atoms with Gasteiger partial charge in [-0.2, -0.15) is 0 Å². The summed E-state index contributed by atoms with van der Waals surface area (Å²) in [7, 11) is 0. The van der Waals surface area contributed by atoms with Crippen molar-refractivity contribution in [3.63, 3.8) is 0 Å². The van der Waals surface area contributed by atoms with Crippen molar-refractivity contribution in [2.24, 2.45) is 0 Å². The second-order valence-corrected chi connectivity index (χ2v) is 22.3. The molecule has 0 aliphatic carbocycles.